The van der Waals surface area contributed by atoms with E-state index in [9.17, 15) is 9.65 Å². The normalized spacial score (nSPS) is 12.0. The van der Waals surface area contributed by atoms with Crippen LogP contribution in [0.5, 0.6) is 0 Å². The van der Waals surface area contributed by atoms with Crippen LogP contribution in [-0.2, 0) is 0 Å². The Morgan fingerprint density at radius 3 is 2.57 bits per heavy atom. The maximum absolute atomic E-state index is 13.2. The molecule has 0 amide bonds. The van der Waals surface area contributed by atoms with Crippen molar-refractivity contribution >= 4 is 43.6 Å². The number of hydrogen-bond acceptors (Lipinski definition) is 2. The fourth-order valence-electron chi connectivity index (χ4n) is 2.08. The van der Waals surface area contributed by atoms with Gasteiger partial charge in [0.05, 0.1) is 10.6 Å². The predicted molar refractivity (Wildman–Crippen MR) is 86.5 cm³/mol. The molecule has 3 aromatic rings. The summed E-state index contributed by atoms with van der Waals surface area (Å²) < 4.78 is 14.1. The molecule has 0 saturated carbocycles. The molecule has 1 aromatic heterocycles. The van der Waals surface area contributed by atoms with Crippen molar-refractivity contribution in [2.24, 2.45) is 0 Å². The Morgan fingerprint density at radius 1 is 1.10 bits per heavy atom. The van der Waals surface area contributed by atoms with E-state index in [1.807, 2.05) is 36.4 Å². The molecule has 3 rings (SSSR count). The second kappa shape index (κ2) is 5.69. The SMILES string of the molecule is N#C/C(=C(\Cl)c1cc2ccc(F)cc2s1)c1ccccc1. The van der Waals surface area contributed by atoms with Crippen LogP contribution < -0.4 is 0 Å². The van der Waals surface area contributed by atoms with Crippen molar-refractivity contribution in [3.8, 4) is 6.07 Å². The van der Waals surface area contributed by atoms with Crippen molar-refractivity contribution in [2.75, 3.05) is 0 Å². The van der Waals surface area contributed by atoms with Crippen LogP contribution in [0.25, 0.3) is 20.7 Å². The van der Waals surface area contributed by atoms with E-state index in [-0.39, 0.29) is 5.82 Å². The Bertz CT molecular complexity index is 875. The molecule has 102 valence electrons. The summed E-state index contributed by atoms with van der Waals surface area (Å²) in [5.41, 5.74) is 1.19. The molecule has 0 fully saturated rings. The minimum atomic E-state index is -0.278. The Kier molecular flexibility index (Phi) is 3.74. The van der Waals surface area contributed by atoms with E-state index in [4.69, 9.17) is 11.6 Å². The minimum Gasteiger partial charge on any atom is -0.207 e. The lowest BCUT2D eigenvalue weighted by molar-refractivity contribution is 0.630. The molecule has 0 aliphatic heterocycles. The van der Waals surface area contributed by atoms with E-state index in [2.05, 4.69) is 6.07 Å². The first-order valence-corrected chi connectivity index (χ1v) is 7.43. The number of allylic oxidation sites excluding steroid dienone is 1. The third-order valence-electron chi connectivity index (χ3n) is 3.09. The number of halogens is 2. The van der Waals surface area contributed by atoms with Crippen molar-refractivity contribution in [1.82, 2.24) is 0 Å². The third-order valence-corrected chi connectivity index (χ3v) is 4.71. The molecule has 2 aromatic carbocycles. The summed E-state index contributed by atoms with van der Waals surface area (Å²) in [6.07, 6.45) is 0. The zero-order valence-electron chi connectivity index (χ0n) is 10.8. The van der Waals surface area contributed by atoms with Gasteiger partial charge in [-0.2, -0.15) is 5.26 Å². The van der Waals surface area contributed by atoms with Gasteiger partial charge in [0.15, 0.2) is 0 Å². The maximum Gasteiger partial charge on any atom is 0.124 e. The van der Waals surface area contributed by atoms with Gasteiger partial charge in [-0.1, -0.05) is 48.0 Å². The largest absolute Gasteiger partial charge is 0.207 e. The monoisotopic (exact) mass is 313 g/mol. The number of nitriles is 1. The molecule has 0 radical (unpaired) electrons. The van der Waals surface area contributed by atoms with Gasteiger partial charge in [0.1, 0.15) is 11.9 Å². The van der Waals surface area contributed by atoms with E-state index in [0.29, 0.717) is 10.6 Å². The van der Waals surface area contributed by atoms with Gasteiger partial charge in [0, 0.05) is 9.58 Å². The van der Waals surface area contributed by atoms with Crippen molar-refractivity contribution in [3.05, 3.63) is 70.9 Å². The Hall–Kier alpha value is -2.15. The third kappa shape index (κ3) is 2.69. The summed E-state index contributed by atoms with van der Waals surface area (Å²) in [6, 6.07) is 17.9. The molecule has 0 atom stereocenters. The van der Waals surface area contributed by atoms with Gasteiger partial charge in [0.2, 0.25) is 0 Å². The highest BCUT2D eigenvalue weighted by molar-refractivity contribution is 7.20. The average molecular weight is 314 g/mol. The topological polar surface area (TPSA) is 23.8 Å². The Morgan fingerprint density at radius 2 is 1.86 bits per heavy atom. The first kappa shape index (κ1) is 13.8. The fraction of sp³-hybridized carbons (Fsp3) is 0. The summed E-state index contributed by atoms with van der Waals surface area (Å²) in [4.78, 5) is 0.762. The van der Waals surface area contributed by atoms with Gasteiger partial charge in [-0.25, -0.2) is 4.39 Å². The molecule has 0 N–H and O–H groups in total. The van der Waals surface area contributed by atoms with Crippen LogP contribution >= 0.6 is 22.9 Å². The fourth-order valence-corrected chi connectivity index (χ4v) is 3.43. The molecule has 0 aliphatic carbocycles. The first-order valence-electron chi connectivity index (χ1n) is 6.24. The number of nitrogens with zero attached hydrogens (tertiary/aromatic N) is 1. The summed E-state index contributed by atoms with van der Waals surface area (Å²) in [6.45, 7) is 0. The van der Waals surface area contributed by atoms with Gasteiger partial charge in [-0.3, -0.25) is 0 Å². The lowest BCUT2D eigenvalue weighted by atomic mass is 10.1. The zero-order chi connectivity index (χ0) is 14.8. The van der Waals surface area contributed by atoms with Crippen LogP contribution in [0.15, 0.2) is 54.6 Å². The summed E-state index contributed by atoms with van der Waals surface area (Å²) >= 11 is 7.77. The number of fused-ring (bicyclic) bond motifs is 1. The number of thiophene rings is 1. The van der Waals surface area contributed by atoms with Crippen molar-refractivity contribution in [2.45, 2.75) is 0 Å². The van der Waals surface area contributed by atoms with Gasteiger partial charge < -0.3 is 0 Å². The first-order chi connectivity index (χ1) is 10.2. The Balaban J connectivity index is 2.16. The molecule has 1 heterocycles. The maximum atomic E-state index is 13.2. The number of benzene rings is 2. The molecule has 0 bridgehead atoms. The van der Waals surface area contributed by atoms with Gasteiger partial charge in [-0.05, 0) is 29.1 Å². The van der Waals surface area contributed by atoms with Crippen LogP contribution in [0, 0.1) is 17.1 Å². The molecular formula is C17H9ClFNS. The molecule has 1 nitrogen and oxygen atoms in total. The van der Waals surface area contributed by atoms with E-state index < -0.39 is 0 Å². The highest BCUT2D eigenvalue weighted by atomic mass is 35.5. The standard InChI is InChI=1S/C17H9ClFNS/c18-17(14(10-20)11-4-2-1-3-5-11)16-8-12-6-7-13(19)9-15(12)21-16/h1-9H/b17-14+. The van der Waals surface area contributed by atoms with Gasteiger partial charge in [0.25, 0.3) is 0 Å². The lowest BCUT2D eigenvalue weighted by Gasteiger charge is -2.01. The molecule has 0 unspecified atom stereocenters. The van der Waals surface area contributed by atoms with E-state index in [1.54, 1.807) is 6.07 Å². The van der Waals surface area contributed by atoms with Crippen LogP contribution in [0.2, 0.25) is 0 Å². The average Bonchev–Trinajstić information content (AvgIpc) is 2.92. The smallest absolute Gasteiger partial charge is 0.124 e. The highest BCUT2D eigenvalue weighted by Crippen LogP contribution is 2.36. The number of rotatable bonds is 2. The van der Waals surface area contributed by atoms with Crippen molar-refractivity contribution in [1.29, 1.82) is 5.26 Å². The summed E-state index contributed by atoms with van der Waals surface area (Å²) in [7, 11) is 0. The Labute approximate surface area is 130 Å². The van der Waals surface area contributed by atoms with Crippen LogP contribution in [-0.4, -0.2) is 0 Å². The lowest BCUT2D eigenvalue weighted by Crippen LogP contribution is -1.83. The van der Waals surface area contributed by atoms with Crippen molar-refractivity contribution in [3.63, 3.8) is 0 Å². The molecule has 0 aliphatic rings. The van der Waals surface area contributed by atoms with Crippen LogP contribution in [0.1, 0.15) is 10.4 Å². The second-order valence-corrected chi connectivity index (χ2v) is 5.92. The van der Waals surface area contributed by atoms with Crippen LogP contribution in [0.3, 0.4) is 0 Å². The molecular weight excluding hydrogens is 305 g/mol. The van der Waals surface area contributed by atoms with E-state index >= 15 is 0 Å². The molecule has 0 saturated heterocycles. The van der Waals surface area contributed by atoms with Crippen LogP contribution in [0.4, 0.5) is 4.39 Å². The second-order valence-electron chi connectivity index (χ2n) is 4.46. The zero-order valence-corrected chi connectivity index (χ0v) is 12.4. The quantitative estimate of drug-likeness (QED) is 0.559. The number of hydrogen-bond donors (Lipinski definition) is 0. The predicted octanol–water partition coefficient (Wildman–Crippen LogP) is 5.67. The van der Waals surface area contributed by atoms with E-state index in [0.717, 1.165) is 20.5 Å². The minimum absolute atomic E-state index is 0.278. The highest BCUT2D eigenvalue weighted by Gasteiger charge is 2.12. The van der Waals surface area contributed by atoms with Gasteiger partial charge >= 0.3 is 0 Å². The van der Waals surface area contributed by atoms with E-state index in [1.165, 1.54) is 23.5 Å². The molecule has 21 heavy (non-hydrogen) atoms. The van der Waals surface area contributed by atoms with Crippen molar-refractivity contribution < 1.29 is 4.39 Å². The molecule has 0 spiro atoms. The molecule has 4 heteroatoms. The summed E-state index contributed by atoms with van der Waals surface area (Å²) in [5.74, 6) is -0.278. The van der Waals surface area contributed by atoms with Gasteiger partial charge in [-0.15, -0.1) is 11.3 Å². The summed E-state index contributed by atoms with van der Waals surface area (Å²) in [5, 5.41) is 10.7.